The van der Waals surface area contributed by atoms with Crippen molar-refractivity contribution < 1.29 is 19.1 Å². The standard InChI is InChI=1S/C25H21Br2Cl2N3O4/c1-35-22-11-16(10-19(27)24(22)36-14-15-2-5-18(26)6-3-15)13-31-32-23(33)8-9-30-25(34)17-4-7-20(28)21(29)12-17/h2-7,10-13H,8-9,14H2,1H3,(H,30,34)(H,32,33). The van der Waals surface area contributed by atoms with E-state index in [4.69, 9.17) is 32.7 Å². The highest BCUT2D eigenvalue weighted by molar-refractivity contribution is 9.10. The Labute approximate surface area is 235 Å². The summed E-state index contributed by atoms with van der Waals surface area (Å²) >= 11 is 18.7. The fraction of sp³-hybridized carbons (Fsp3) is 0.160. The third-order valence-corrected chi connectivity index (χ3v) is 6.63. The number of hydrogen-bond donors (Lipinski definition) is 2. The zero-order valence-corrected chi connectivity index (χ0v) is 23.7. The van der Waals surface area contributed by atoms with Crippen LogP contribution in [0.25, 0.3) is 0 Å². The highest BCUT2D eigenvalue weighted by Crippen LogP contribution is 2.37. The van der Waals surface area contributed by atoms with E-state index in [1.165, 1.54) is 18.3 Å². The number of carbonyl (C=O) groups is 2. The number of rotatable bonds is 10. The summed E-state index contributed by atoms with van der Waals surface area (Å²) in [5.74, 6) is 0.351. The summed E-state index contributed by atoms with van der Waals surface area (Å²) in [7, 11) is 1.54. The number of hydrazone groups is 1. The molecule has 0 aromatic heterocycles. The first-order chi connectivity index (χ1) is 17.3. The number of carbonyl (C=O) groups excluding carboxylic acids is 2. The van der Waals surface area contributed by atoms with Crippen LogP contribution in [0.1, 0.15) is 27.9 Å². The molecule has 0 heterocycles. The predicted molar refractivity (Wildman–Crippen MR) is 148 cm³/mol. The highest BCUT2D eigenvalue weighted by Gasteiger charge is 2.12. The Morgan fingerprint density at radius 2 is 1.78 bits per heavy atom. The van der Waals surface area contributed by atoms with Crippen molar-refractivity contribution in [2.45, 2.75) is 13.0 Å². The van der Waals surface area contributed by atoms with Crippen LogP contribution in [0, 0.1) is 0 Å². The Bertz CT molecular complexity index is 1270. The van der Waals surface area contributed by atoms with Gasteiger partial charge in [-0.1, -0.05) is 51.3 Å². The van der Waals surface area contributed by atoms with Gasteiger partial charge in [0.25, 0.3) is 5.91 Å². The molecule has 2 N–H and O–H groups in total. The lowest BCUT2D eigenvalue weighted by molar-refractivity contribution is -0.120. The van der Waals surface area contributed by atoms with Crippen molar-refractivity contribution >= 4 is 73.1 Å². The third kappa shape index (κ3) is 8.23. The minimum Gasteiger partial charge on any atom is -0.493 e. The van der Waals surface area contributed by atoms with Crippen molar-refractivity contribution in [3.63, 3.8) is 0 Å². The molecule has 36 heavy (non-hydrogen) atoms. The first kappa shape index (κ1) is 28.0. The number of amides is 2. The largest absolute Gasteiger partial charge is 0.493 e. The topological polar surface area (TPSA) is 89.0 Å². The average molecular weight is 658 g/mol. The second-order valence-electron chi connectivity index (χ2n) is 7.38. The number of halogens is 4. The maximum Gasteiger partial charge on any atom is 0.251 e. The van der Waals surface area contributed by atoms with E-state index in [0.29, 0.717) is 38.7 Å². The molecule has 0 atom stereocenters. The van der Waals surface area contributed by atoms with Crippen molar-refractivity contribution in [3.8, 4) is 11.5 Å². The van der Waals surface area contributed by atoms with Crippen LogP contribution >= 0.6 is 55.1 Å². The molecule has 0 spiro atoms. The molecule has 0 aliphatic heterocycles. The van der Waals surface area contributed by atoms with Gasteiger partial charge in [0.05, 0.1) is 27.8 Å². The van der Waals surface area contributed by atoms with Crippen LogP contribution in [0.4, 0.5) is 0 Å². The van der Waals surface area contributed by atoms with Crippen LogP contribution in [0.15, 0.2) is 68.6 Å². The predicted octanol–water partition coefficient (Wildman–Crippen LogP) is 6.38. The van der Waals surface area contributed by atoms with Gasteiger partial charge in [0.15, 0.2) is 11.5 Å². The van der Waals surface area contributed by atoms with E-state index in [-0.39, 0.29) is 29.8 Å². The molecule has 2 amide bonds. The fourth-order valence-corrected chi connectivity index (χ4v) is 4.09. The van der Waals surface area contributed by atoms with Crippen molar-refractivity contribution in [1.82, 2.24) is 10.7 Å². The van der Waals surface area contributed by atoms with Gasteiger partial charge in [-0.3, -0.25) is 9.59 Å². The highest BCUT2D eigenvalue weighted by atomic mass is 79.9. The summed E-state index contributed by atoms with van der Waals surface area (Å²) in [5.41, 5.74) is 4.48. The number of nitrogens with zero attached hydrogens (tertiary/aromatic N) is 1. The molecule has 7 nitrogen and oxygen atoms in total. The molecule has 0 aliphatic rings. The molecule has 0 saturated heterocycles. The van der Waals surface area contributed by atoms with E-state index in [9.17, 15) is 9.59 Å². The Balaban J connectivity index is 1.50. The second-order valence-corrected chi connectivity index (χ2v) is 9.96. The maximum atomic E-state index is 12.1. The number of methoxy groups -OCH3 is 1. The molecule has 3 aromatic rings. The van der Waals surface area contributed by atoms with Crippen LogP contribution in [-0.4, -0.2) is 31.7 Å². The molecule has 0 bridgehead atoms. The zero-order valence-electron chi connectivity index (χ0n) is 19.0. The zero-order chi connectivity index (χ0) is 26.1. The minimum atomic E-state index is -0.360. The summed E-state index contributed by atoms with van der Waals surface area (Å²) in [4.78, 5) is 24.2. The molecule has 188 valence electrons. The molecular weight excluding hydrogens is 637 g/mol. The van der Waals surface area contributed by atoms with Gasteiger partial charge in [-0.2, -0.15) is 5.10 Å². The van der Waals surface area contributed by atoms with Crippen LogP contribution in [0.5, 0.6) is 11.5 Å². The van der Waals surface area contributed by atoms with Gasteiger partial charge in [0, 0.05) is 23.0 Å². The Morgan fingerprint density at radius 1 is 1.03 bits per heavy atom. The van der Waals surface area contributed by atoms with Gasteiger partial charge < -0.3 is 14.8 Å². The second kappa shape index (κ2) is 13.6. The molecule has 0 fully saturated rings. The van der Waals surface area contributed by atoms with E-state index >= 15 is 0 Å². The Morgan fingerprint density at radius 3 is 2.47 bits per heavy atom. The first-order valence-electron chi connectivity index (χ1n) is 10.6. The van der Waals surface area contributed by atoms with Crippen LogP contribution in [-0.2, 0) is 11.4 Å². The lowest BCUT2D eigenvalue weighted by atomic mass is 10.2. The van der Waals surface area contributed by atoms with Gasteiger partial charge in [-0.05, 0) is 69.5 Å². The van der Waals surface area contributed by atoms with E-state index in [0.717, 1.165) is 10.0 Å². The number of benzene rings is 3. The Hall–Kier alpha value is -2.59. The average Bonchev–Trinajstić information content (AvgIpc) is 2.85. The van der Waals surface area contributed by atoms with Gasteiger partial charge >= 0.3 is 0 Å². The van der Waals surface area contributed by atoms with E-state index in [2.05, 4.69) is 47.7 Å². The summed E-state index contributed by atoms with van der Waals surface area (Å²) in [6.07, 6.45) is 1.53. The van der Waals surface area contributed by atoms with Gasteiger partial charge in [0.1, 0.15) is 6.61 Å². The first-order valence-corrected chi connectivity index (χ1v) is 12.9. The summed E-state index contributed by atoms with van der Waals surface area (Å²) in [6, 6.07) is 15.9. The quantitative estimate of drug-likeness (QED) is 0.196. The van der Waals surface area contributed by atoms with Gasteiger partial charge in [0.2, 0.25) is 5.91 Å². The van der Waals surface area contributed by atoms with E-state index in [1.54, 1.807) is 25.3 Å². The summed E-state index contributed by atoms with van der Waals surface area (Å²) in [6.45, 7) is 0.498. The monoisotopic (exact) mass is 655 g/mol. The third-order valence-electron chi connectivity index (χ3n) is 4.77. The van der Waals surface area contributed by atoms with Gasteiger partial charge in [-0.25, -0.2) is 5.43 Å². The van der Waals surface area contributed by atoms with Crippen molar-refractivity contribution in [2.75, 3.05) is 13.7 Å². The number of nitrogens with one attached hydrogen (secondary N) is 2. The van der Waals surface area contributed by atoms with Crippen molar-refractivity contribution in [1.29, 1.82) is 0 Å². The molecular formula is C25H21Br2Cl2N3O4. The number of ether oxygens (including phenoxy) is 2. The molecule has 3 rings (SSSR count). The minimum absolute atomic E-state index is 0.0419. The van der Waals surface area contributed by atoms with Crippen molar-refractivity contribution in [2.24, 2.45) is 5.10 Å². The van der Waals surface area contributed by atoms with Crippen LogP contribution < -0.4 is 20.2 Å². The molecule has 0 radical (unpaired) electrons. The Kier molecular flexibility index (Phi) is 10.6. The molecule has 3 aromatic carbocycles. The smallest absolute Gasteiger partial charge is 0.251 e. The van der Waals surface area contributed by atoms with Crippen molar-refractivity contribution in [3.05, 3.63) is 90.3 Å². The lowest BCUT2D eigenvalue weighted by Crippen LogP contribution is -2.29. The molecule has 0 saturated carbocycles. The van der Waals surface area contributed by atoms with E-state index < -0.39 is 0 Å². The number of hydrogen-bond acceptors (Lipinski definition) is 5. The van der Waals surface area contributed by atoms with Crippen LogP contribution in [0.3, 0.4) is 0 Å². The maximum absolute atomic E-state index is 12.1. The molecule has 0 unspecified atom stereocenters. The SMILES string of the molecule is COc1cc(C=NNC(=O)CCNC(=O)c2ccc(Cl)c(Cl)c2)cc(Br)c1OCc1ccc(Br)cc1. The fourth-order valence-electron chi connectivity index (χ4n) is 2.95. The molecule has 0 aliphatic carbocycles. The lowest BCUT2D eigenvalue weighted by Gasteiger charge is -2.13. The van der Waals surface area contributed by atoms with Crippen LogP contribution in [0.2, 0.25) is 10.0 Å². The van der Waals surface area contributed by atoms with Gasteiger partial charge in [-0.15, -0.1) is 0 Å². The summed E-state index contributed by atoms with van der Waals surface area (Å²) in [5, 5.41) is 7.26. The normalized spacial score (nSPS) is 10.8. The molecule has 11 heteroatoms. The van der Waals surface area contributed by atoms with E-state index in [1.807, 2.05) is 24.3 Å². The summed E-state index contributed by atoms with van der Waals surface area (Å²) < 4.78 is 13.1.